The largest absolute Gasteiger partial charge is 0.294 e. The minimum absolute atomic E-state index is 0.00694. The third-order valence-corrected chi connectivity index (χ3v) is 1.95. The summed E-state index contributed by atoms with van der Waals surface area (Å²) in [5.74, 6) is 2.20. The second-order valence-electron chi connectivity index (χ2n) is 2.60. The molecule has 3 nitrogen and oxygen atoms in total. The maximum atomic E-state index is 12.7. The van der Waals surface area contributed by atoms with E-state index >= 15 is 0 Å². The topological polar surface area (TPSA) is 55.1 Å². The summed E-state index contributed by atoms with van der Waals surface area (Å²) in [6.45, 7) is 0. The van der Waals surface area contributed by atoms with Crippen molar-refractivity contribution < 1.29 is 13.6 Å². The summed E-state index contributed by atoms with van der Waals surface area (Å²) in [7, 11) is 0. The minimum Gasteiger partial charge on any atom is -0.294 e. The van der Waals surface area contributed by atoms with Crippen LogP contribution in [-0.4, -0.2) is 5.91 Å². The predicted molar refractivity (Wildman–Crippen MR) is 47.4 cm³/mol. The number of hydrogen-bond donors (Lipinski definition) is 2. The van der Waals surface area contributed by atoms with Crippen LogP contribution in [0.1, 0.15) is 5.56 Å². The molecule has 0 aromatic heterocycles. The van der Waals surface area contributed by atoms with Crippen LogP contribution in [0.25, 0.3) is 0 Å². The fourth-order valence-electron chi connectivity index (χ4n) is 0.923. The van der Waals surface area contributed by atoms with Gasteiger partial charge in [0, 0.05) is 5.02 Å². The number of nitrogens with one attached hydrogen (secondary N) is 1. The van der Waals surface area contributed by atoms with E-state index in [1.165, 1.54) is 0 Å². The lowest BCUT2D eigenvalue weighted by Gasteiger charge is -2.03. The summed E-state index contributed by atoms with van der Waals surface area (Å²) >= 11 is 5.58. The molecule has 0 radical (unpaired) electrons. The molecule has 0 aliphatic carbocycles. The number of halogens is 3. The smallest absolute Gasteiger partial charge is 0.238 e. The van der Waals surface area contributed by atoms with Crippen LogP contribution in [0.5, 0.6) is 0 Å². The highest BCUT2D eigenvalue weighted by Gasteiger charge is 2.10. The standard InChI is InChI=1S/C8H7ClF2N2O/c9-5-3-7(11)6(10)1-4(5)2-8(14)13-12/h1,3H,2,12H2,(H,13,14). The number of hydrogen-bond acceptors (Lipinski definition) is 2. The fourth-order valence-corrected chi connectivity index (χ4v) is 1.14. The van der Waals surface area contributed by atoms with Crippen LogP contribution in [-0.2, 0) is 11.2 Å². The SMILES string of the molecule is NNC(=O)Cc1cc(F)c(F)cc1Cl. The Bertz CT molecular complexity index is 371. The molecule has 0 saturated heterocycles. The van der Waals surface area contributed by atoms with Crippen LogP contribution >= 0.6 is 11.6 Å². The Morgan fingerprint density at radius 1 is 1.43 bits per heavy atom. The molecular weight excluding hydrogens is 214 g/mol. The number of nitrogens with two attached hydrogens (primary N) is 1. The summed E-state index contributed by atoms with van der Waals surface area (Å²) in [5, 5.41) is -0.00694. The van der Waals surface area contributed by atoms with Crippen LogP contribution < -0.4 is 11.3 Å². The molecule has 0 bridgehead atoms. The molecule has 0 spiro atoms. The van der Waals surface area contributed by atoms with Gasteiger partial charge in [0.25, 0.3) is 0 Å². The van der Waals surface area contributed by atoms with Gasteiger partial charge in [0.05, 0.1) is 6.42 Å². The van der Waals surface area contributed by atoms with Crippen molar-refractivity contribution in [3.63, 3.8) is 0 Å². The van der Waals surface area contributed by atoms with Gasteiger partial charge in [-0.25, -0.2) is 14.6 Å². The van der Waals surface area contributed by atoms with Gasteiger partial charge in [0.1, 0.15) is 0 Å². The molecule has 1 rings (SSSR count). The first-order valence-corrected chi connectivity index (χ1v) is 4.05. The predicted octanol–water partition coefficient (Wildman–Crippen LogP) is 1.15. The van der Waals surface area contributed by atoms with Crippen molar-refractivity contribution in [2.45, 2.75) is 6.42 Å². The van der Waals surface area contributed by atoms with Crippen LogP contribution in [0.3, 0.4) is 0 Å². The zero-order chi connectivity index (χ0) is 10.7. The summed E-state index contributed by atoms with van der Waals surface area (Å²) in [6.07, 6.45) is -0.188. The van der Waals surface area contributed by atoms with E-state index in [9.17, 15) is 13.6 Å². The van der Waals surface area contributed by atoms with Gasteiger partial charge >= 0.3 is 0 Å². The quantitative estimate of drug-likeness (QED) is 0.340. The lowest BCUT2D eigenvalue weighted by Crippen LogP contribution is -2.31. The van der Waals surface area contributed by atoms with E-state index in [0.29, 0.717) is 0 Å². The first kappa shape index (κ1) is 10.9. The molecule has 0 aliphatic heterocycles. The van der Waals surface area contributed by atoms with Crippen LogP contribution in [0.2, 0.25) is 5.02 Å². The van der Waals surface area contributed by atoms with Crippen molar-refractivity contribution in [1.29, 1.82) is 0 Å². The third-order valence-electron chi connectivity index (χ3n) is 1.60. The van der Waals surface area contributed by atoms with Gasteiger partial charge in [-0.2, -0.15) is 0 Å². The van der Waals surface area contributed by atoms with Crippen LogP contribution in [0.4, 0.5) is 8.78 Å². The molecule has 76 valence electrons. The number of hydrazine groups is 1. The van der Waals surface area contributed by atoms with Gasteiger partial charge < -0.3 is 0 Å². The summed E-state index contributed by atoms with van der Waals surface area (Å²) < 4.78 is 25.3. The molecule has 6 heteroatoms. The maximum absolute atomic E-state index is 12.7. The molecule has 0 saturated carbocycles. The van der Waals surface area contributed by atoms with E-state index in [1.807, 2.05) is 5.43 Å². The lowest BCUT2D eigenvalue weighted by atomic mass is 10.1. The number of benzene rings is 1. The summed E-state index contributed by atoms with van der Waals surface area (Å²) in [6, 6.07) is 1.68. The summed E-state index contributed by atoms with van der Waals surface area (Å²) in [4.78, 5) is 10.8. The van der Waals surface area contributed by atoms with Crippen LogP contribution in [0.15, 0.2) is 12.1 Å². The van der Waals surface area contributed by atoms with E-state index < -0.39 is 17.5 Å². The normalized spacial score (nSPS) is 10.0. The van der Waals surface area contributed by atoms with Crippen molar-refractivity contribution in [3.05, 3.63) is 34.4 Å². The average Bonchev–Trinajstić information content (AvgIpc) is 2.14. The van der Waals surface area contributed by atoms with Gasteiger partial charge in [0.2, 0.25) is 5.91 Å². The van der Waals surface area contributed by atoms with E-state index in [-0.39, 0.29) is 17.0 Å². The molecular formula is C8H7ClF2N2O. The Balaban J connectivity index is 2.98. The van der Waals surface area contributed by atoms with Gasteiger partial charge in [-0.05, 0) is 17.7 Å². The zero-order valence-electron chi connectivity index (χ0n) is 6.98. The molecule has 1 aromatic rings. The van der Waals surface area contributed by atoms with Gasteiger partial charge in [-0.15, -0.1) is 0 Å². The number of carbonyl (C=O) groups is 1. The van der Waals surface area contributed by atoms with Gasteiger partial charge in [-0.3, -0.25) is 10.2 Å². The monoisotopic (exact) mass is 220 g/mol. The van der Waals surface area contributed by atoms with E-state index in [0.717, 1.165) is 12.1 Å². The molecule has 3 N–H and O–H groups in total. The Morgan fingerprint density at radius 3 is 2.57 bits per heavy atom. The second-order valence-corrected chi connectivity index (χ2v) is 3.01. The van der Waals surface area contributed by atoms with E-state index in [1.54, 1.807) is 0 Å². The molecule has 0 aliphatic rings. The van der Waals surface area contributed by atoms with E-state index in [4.69, 9.17) is 17.4 Å². The van der Waals surface area contributed by atoms with Gasteiger partial charge in [-0.1, -0.05) is 11.6 Å². The Hall–Kier alpha value is -1.20. The summed E-state index contributed by atoms with van der Waals surface area (Å²) in [5.41, 5.74) is 2.05. The molecule has 14 heavy (non-hydrogen) atoms. The van der Waals surface area contributed by atoms with Crippen molar-refractivity contribution in [1.82, 2.24) is 5.43 Å². The lowest BCUT2D eigenvalue weighted by molar-refractivity contribution is -0.120. The Kier molecular flexibility index (Phi) is 3.38. The number of amides is 1. The first-order valence-electron chi connectivity index (χ1n) is 3.67. The second kappa shape index (κ2) is 4.34. The Morgan fingerprint density at radius 2 is 2.00 bits per heavy atom. The minimum atomic E-state index is -1.05. The fraction of sp³-hybridized carbons (Fsp3) is 0.125. The molecule has 0 fully saturated rings. The first-order chi connectivity index (χ1) is 6.54. The molecule has 0 heterocycles. The van der Waals surface area contributed by atoms with Crippen molar-refractivity contribution in [3.8, 4) is 0 Å². The molecule has 0 unspecified atom stereocenters. The zero-order valence-corrected chi connectivity index (χ0v) is 7.74. The number of carbonyl (C=O) groups excluding carboxylic acids is 1. The van der Waals surface area contributed by atoms with Crippen molar-refractivity contribution in [2.24, 2.45) is 5.84 Å². The number of rotatable bonds is 2. The van der Waals surface area contributed by atoms with E-state index in [2.05, 4.69) is 0 Å². The highest BCUT2D eigenvalue weighted by molar-refractivity contribution is 6.31. The van der Waals surface area contributed by atoms with Gasteiger partial charge in [0.15, 0.2) is 11.6 Å². The van der Waals surface area contributed by atoms with Crippen molar-refractivity contribution in [2.75, 3.05) is 0 Å². The highest BCUT2D eigenvalue weighted by Crippen LogP contribution is 2.20. The molecule has 1 aromatic carbocycles. The maximum Gasteiger partial charge on any atom is 0.238 e. The molecule has 1 amide bonds. The van der Waals surface area contributed by atoms with Crippen molar-refractivity contribution >= 4 is 17.5 Å². The average molecular weight is 221 g/mol. The third kappa shape index (κ3) is 2.40. The molecule has 0 atom stereocenters. The van der Waals surface area contributed by atoms with Crippen LogP contribution in [0, 0.1) is 11.6 Å². The highest BCUT2D eigenvalue weighted by atomic mass is 35.5. The Labute approximate surface area is 83.8 Å².